The lowest BCUT2D eigenvalue weighted by Gasteiger charge is -2.25. The molecule has 0 amide bonds. The highest BCUT2D eigenvalue weighted by molar-refractivity contribution is 5.94. The second kappa shape index (κ2) is 4.38. The molecule has 20 heavy (non-hydrogen) atoms. The highest BCUT2D eigenvalue weighted by Crippen LogP contribution is 2.44. The van der Waals surface area contributed by atoms with Crippen LogP contribution in [0.5, 0.6) is 0 Å². The molecule has 0 fully saturated rings. The van der Waals surface area contributed by atoms with Crippen molar-refractivity contribution in [3.05, 3.63) is 71.9 Å². The van der Waals surface area contributed by atoms with Crippen LogP contribution in [0.3, 0.4) is 0 Å². The highest BCUT2D eigenvalue weighted by atomic mass is 15.1. The van der Waals surface area contributed by atoms with Gasteiger partial charge in [-0.05, 0) is 41.7 Å². The summed E-state index contributed by atoms with van der Waals surface area (Å²) in [4.78, 5) is 2.33. The summed E-state index contributed by atoms with van der Waals surface area (Å²) in [6, 6.07) is 17.5. The summed E-state index contributed by atoms with van der Waals surface area (Å²) in [6.45, 7) is 0. The Morgan fingerprint density at radius 3 is 2.40 bits per heavy atom. The van der Waals surface area contributed by atoms with E-state index in [0.717, 1.165) is 12.8 Å². The zero-order valence-corrected chi connectivity index (χ0v) is 11.6. The monoisotopic (exact) mass is 259 g/mol. The van der Waals surface area contributed by atoms with Crippen LogP contribution in [0.15, 0.2) is 66.4 Å². The highest BCUT2D eigenvalue weighted by Gasteiger charge is 2.23. The van der Waals surface area contributed by atoms with E-state index in [0.29, 0.717) is 0 Å². The Labute approximate surface area is 119 Å². The summed E-state index contributed by atoms with van der Waals surface area (Å²) in [7, 11) is 2.18. The number of allylic oxidation sites excluding steroid dienone is 3. The van der Waals surface area contributed by atoms with Crippen molar-refractivity contribution in [3.63, 3.8) is 0 Å². The number of hydrogen-bond donors (Lipinski definition) is 0. The first kappa shape index (κ1) is 11.5. The third-order valence-corrected chi connectivity index (χ3v) is 4.32. The van der Waals surface area contributed by atoms with Crippen molar-refractivity contribution < 1.29 is 0 Å². The van der Waals surface area contributed by atoms with Crippen molar-refractivity contribution in [2.45, 2.75) is 12.8 Å². The third kappa shape index (κ3) is 1.56. The molecule has 0 spiro atoms. The standard InChI is InChI=1S/C19H17N/c1-20-18-12-6-4-10-16(18)14-8-2-3-9-15(14)17-11-5-7-13-19(17)20/h2-4,6-10,12-13H,5,11H2,1H3. The van der Waals surface area contributed by atoms with Gasteiger partial charge in [0.25, 0.3) is 0 Å². The number of anilines is 1. The topological polar surface area (TPSA) is 3.24 Å². The predicted octanol–water partition coefficient (Wildman–Crippen LogP) is 4.86. The van der Waals surface area contributed by atoms with Crippen LogP contribution in [0.25, 0.3) is 16.7 Å². The van der Waals surface area contributed by atoms with Crippen LogP contribution in [-0.2, 0) is 0 Å². The molecule has 1 aliphatic heterocycles. The predicted molar refractivity (Wildman–Crippen MR) is 85.6 cm³/mol. The largest absolute Gasteiger partial charge is 0.344 e. The van der Waals surface area contributed by atoms with Crippen LogP contribution in [-0.4, -0.2) is 7.05 Å². The van der Waals surface area contributed by atoms with Crippen molar-refractivity contribution >= 4 is 11.3 Å². The Kier molecular flexibility index (Phi) is 2.53. The minimum Gasteiger partial charge on any atom is -0.344 e. The van der Waals surface area contributed by atoms with E-state index in [4.69, 9.17) is 0 Å². The molecule has 0 N–H and O–H groups in total. The van der Waals surface area contributed by atoms with Crippen LogP contribution >= 0.6 is 0 Å². The molecule has 0 atom stereocenters. The zero-order chi connectivity index (χ0) is 13.5. The second-order valence-electron chi connectivity index (χ2n) is 5.43. The molecular formula is C19H17N. The number of para-hydroxylation sites is 1. The minimum atomic E-state index is 1.13. The van der Waals surface area contributed by atoms with Crippen LogP contribution in [0.2, 0.25) is 0 Å². The molecule has 4 rings (SSSR count). The molecule has 0 saturated heterocycles. The first-order chi connectivity index (χ1) is 9.86. The van der Waals surface area contributed by atoms with Gasteiger partial charge in [0.2, 0.25) is 0 Å². The van der Waals surface area contributed by atoms with Gasteiger partial charge < -0.3 is 4.90 Å². The number of likely N-dealkylation sites (N-methyl/N-ethyl adjacent to an activating group) is 1. The van der Waals surface area contributed by atoms with E-state index < -0.39 is 0 Å². The van der Waals surface area contributed by atoms with E-state index in [9.17, 15) is 0 Å². The van der Waals surface area contributed by atoms with Crippen LogP contribution in [0.1, 0.15) is 18.4 Å². The van der Waals surface area contributed by atoms with Gasteiger partial charge in [-0.2, -0.15) is 0 Å². The number of hydrogen-bond acceptors (Lipinski definition) is 1. The van der Waals surface area contributed by atoms with Crippen molar-refractivity contribution in [1.82, 2.24) is 0 Å². The zero-order valence-electron chi connectivity index (χ0n) is 11.6. The molecule has 2 aromatic rings. The van der Waals surface area contributed by atoms with Gasteiger partial charge in [0.15, 0.2) is 0 Å². The average molecular weight is 259 g/mol. The number of fused-ring (bicyclic) bond motifs is 4. The smallest absolute Gasteiger partial charge is 0.0488 e. The first-order valence-corrected chi connectivity index (χ1v) is 7.18. The van der Waals surface area contributed by atoms with Crippen molar-refractivity contribution in [2.24, 2.45) is 0 Å². The fourth-order valence-electron chi connectivity index (χ4n) is 3.34. The quantitative estimate of drug-likeness (QED) is 0.652. The van der Waals surface area contributed by atoms with E-state index in [1.54, 1.807) is 0 Å². The molecule has 0 saturated carbocycles. The molecule has 2 aliphatic rings. The van der Waals surface area contributed by atoms with Gasteiger partial charge in [0.05, 0.1) is 0 Å². The van der Waals surface area contributed by atoms with E-state index in [2.05, 4.69) is 72.6 Å². The lowest BCUT2D eigenvalue weighted by Crippen LogP contribution is -2.17. The minimum absolute atomic E-state index is 1.13. The van der Waals surface area contributed by atoms with Gasteiger partial charge in [-0.15, -0.1) is 0 Å². The summed E-state index contributed by atoms with van der Waals surface area (Å²) in [5.41, 5.74) is 8.18. The summed E-state index contributed by atoms with van der Waals surface area (Å²) in [5.74, 6) is 0. The Morgan fingerprint density at radius 1 is 0.850 bits per heavy atom. The van der Waals surface area contributed by atoms with Crippen LogP contribution in [0.4, 0.5) is 5.69 Å². The van der Waals surface area contributed by atoms with Crippen molar-refractivity contribution in [1.29, 1.82) is 0 Å². The Hall–Kier alpha value is -2.28. The van der Waals surface area contributed by atoms with Crippen molar-refractivity contribution in [2.75, 3.05) is 11.9 Å². The normalized spacial score (nSPS) is 16.4. The van der Waals surface area contributed by atoms with Gasteiger partial charge in [0.1, 0.15) is 0 Å². The number of nitrogens with zero attached hydrogens (tertiary/aromatic N) is 1. The second-order valence-corrected chi connectivity index (χ2v) is 5.43. The molecule has 1 nitrogen and oxygen atoms in total. The van der Waals surface area contributed by atoms with Gasteiger partial charge in [-0.25, -0.2) is 0 Å². The SMILES string of the molecule is CN1C2=C(CCC=C2)c2ccccc2-c2ccccc21. The molecule has 1 aliphatic carbocycles. The first-order valence-electron chi connectivity index (χ1n) is 7.18. The lowest BCUT2D eigenvalue weighted by atomic mass is 9.90. The van der Waals surface area contributed by atoms with Gasteiger partial charge in [-0.3, -0.25) is 0 Å². The summed E-state index contributed by atoms with van der Waals surface area (Å²) in [6.07, 6.45) is 6.82. The van der Waals surface area contributed by atoms with Crippen LogP contribution in [0, 0.1) is 0 Å². The Bertz CT molecular complexity index is 737. The molecule has 1 heteroatoms. The van der Waals surface area contributed by atoms with Gasteiger partial charge in [-0.1, -0.05) is 48.5 Å². The Balaban J connectivity index is 2.11. The van der Waals surface area contributed by atoms with Crippen LogP contribution < -0.4 is 4.90 Å². The molecule has 98 valence electrons. The van der Waals surface area contributed by atoms with E-state index in [-0.39, 0.29) is 0 Å². The van der Waals surface area contributed by atoms with Gasteiger partial charge >= 0.3 is 0 Å². The third-order valence-electron chi connectivity index (χ3n) is 4.32. The van der Waals surface area contributed by atoms with Crippen molar-refractivity contribution in [3.8, 4) is 11.1 Å². The average Bonchev–Trinajstić information content (AvgIpc) is 2.64. The van der Waals surface area contributed by atoms with E-state index in [1.807, 2.05) is 0 Å². The molecule has 2 aromatic carbocycles. The Morgan fingerprint density at radius 2 is 1.55 bits per heavy atom. The fraction of sp³-hybridized carbons (Fsp3) is 0.158. The molecule has 0 bridgehead atoms. The molecule has 0 radical (unpaired) electrons. The van der Waals surface area contributed by atoms with Gasteiger partial charge in [0, 0.05) is 24.0 Å². The molecule has 0 aromatic heterocycles. The molecule has 0 unspecified atom stereocenters. The fourth-order valence-corrected chi connectivity index (χ4v) is 3.34. The summed E-state index contributed by atoms with van der Waals surface area (Å²) in [5, 5.41) is 0. The maximum Gasteiger partial charge on any atom is 0.0488 e. The summed E-state index contributed by atoms with van der Waals surface area (Å²) >= 11 is 0. The number of rotatable bonds is 0. The van der Waals surface area contributed by atoms with E-state index in [1.165, 1.54) is 33.6 Å². The lowest BCUT2D eigenvalue weighted by molar-refractivity contribution is 1.01. The molecule has 1 heterocycles. The summed E-state index contributed by atoms with van der Waals surface area (Å²) < 4.78 is 0. The maximum absolute atomic E-state index is 2.33. The maximum atomic E-state index is 2.33. The molecular weight excluding hydrogens is 242 g/mol. The number of benzene rings is 2. The van der Waals surface area contributed by atoms with E-state index >= 15 is 0 Å².